The number of anilines is 1. The third-order valence-electron chi connectivity index (χ3n) is 2.96. The monoisotopic (exact) mass is 315 g/mol. The van der Waals surface area contributed by atoms with Gasteiger partial charge >= 0.3 is 0 Å². The van der Waals surface area contributed by atoms with E-state index in [1.807, 2.05) is 0 Å². The quantitative estimate of drug-likeness (QED) is 0.865. The average molecular weight is 316 g/mol. The SMILES string of the molecule is Fc1cc(F)c(F)c(NCc2cc(Cl)c3c(c2)OCO3)c1. The Morgan fingerprint density at radius 3 is 2.71 bits per heavy atom. The van der Waals surface area contributed by atoms with Gasteiger partial charge in [-0.15, -0.1) is 0 Å². The van der Waals surface area contributed by atoms with Crippen LogP contribution >= 0.6 is 11.6 Å². The fraction of sp³-hybridized carbons (Fsp3) is 0.143. The smallest absolute Gasteiger partial charge is 0.231 e. The van der Waals surface area contributed by atoms with Crippen molar-refractivity contribution in [1.82, 2.24) is 0 Å². The molecule has 0 bridgehead atoms. The molecule has 0 aromatic heterocycles. The summed E-state index contributed by atoms with van der Waals surface area (Å²) in [7, 11) is 0. The molecular formula is C14H9ClF3NO2. The van der Waals surface area contributed by atoms with Gasteiger partial charge in [0.1, 0.15) is 5.82 Å². The van der Waals surface area contributed by atoms with Crippen LogP contribution in [0.2, 0.25) is 5.02 Å². The lowest BCUT2D eigenvalue weighted by Crippen LogP contribution is -2.03. The van der Waals surface area contributed by atoms with Crippen LogP contribution in [0.3, 0.4) is 0 Å². The highest BCUT2D eigenvalue weighted by molar-refractivity contribution is 6.32. The van der Waals surface area contributed by atoms with E-state index in [1.54, 1.807) is 12.1 Å². The van der Waals surface area contributed by atoms with E-state index >= 15 is 0 Å². The molecule has 0 radical (unpaired) electrons. The maximum atomic E-state index is 13.5. The van der Waals surface area contributed by atoms with Gasteiger partial charge < -0.3 is 14.8 Å². The lowest BCUT2D eigenvalue weighted by atomic mass is 10.2. The fourth-order valence-electron chi connectivity index (χ4n) is 2.00. The van der Waals surface area contributed by atoms with Crippen molar-refractivity contribution in [2.75, 3.05) is 12.1 Å². The van der Waals surface area contributed by atoms with Crippen molar-refractivity contribution >= 4 is 17.3 Å². The van der Waals surface area contributed by atoms with Crippen LogP contribution in [0.1, 0.15) is 5.56 Å². The summed E-state index contributed by atoms with van der Waals surface area (Å²) < 4.78 is 50.0. The normalized spacial score (nSPS) is 12.6. The number of fused-ring (bicyclic) bond motifs is 1. The molecular weight excluding hydrogens is 307 g/mol. The molecule has 0 saturated carbocycles. The Balaban J connectivity index is 1.81. The highest BCUT2D eigenvalue weighted by Gasteiger charge is 2.18. The first-order valence-corrected chi connectivity index (χ1v) is 6.39. The Bertz CT molecular complexity index is 709. The zero-order valence-corrected chi connectivity index (χ0v) is 11.3. The molecule has 0 atom stereocenters. The summed E-state index contributed by atoms with van der Waals surface area (Å²) in [5.74, 6) is -2.32. The van der Waals surface area contributed by atoms with E-state index in [0.29, 0.717) is 28.2 Å². The molecule has 3 nitrogen and oxygen atoms in total. The van der Waals surface area contributed by atoms with Crippen LogP contribution in [0.5, 0.6) is 11.5 Å². The van der Waals surface area contributed by atoms with Crippen LogP contribution < -0.4 is 14.8 Å². The van der Waals surface area contributed by atoms with Gasteiger partial charge in [0.05, 0.1) is 10.7 Å². The maximum absolute atomic E-state index is 13.5. The van der Waals surface area contributed by atoms with E-state index in [0.717, 1.165) is 6.07 Å². The Kier molecular flexibility index (Phi) is 3.55. The van der Waals surface area contributed by atoms with Crippen LogP contribution in [-0.2, 0) is 6.54 Å². The number of hydrogen-bond acceptors (Lipinski definition) is 3. The molecule has 0 fully saturated rings. The highest BCUT2D eigenvalue weighted by Crippen LogP contribution is 2.39. The lowest BCUT2D eigenvalue weighted by molar-refractivity contribution is 0.174. The molecule has 0 spiro atoms. The largest absolute Gasteiger partial charge is 0.454 e. The molecule has 1 aliphatic rings. The number of benzene rings is 2. The van der Waals surface area contributed by atoms with Gasteiger partial charge in [0.15, 0.2) is 23.1 Å². The van der Waals surface area contributed by atoms with Crippen molar-refractivity contribution in [3.05, 3.63) is 52.3 Å². The second-order valence-corrected chi connectivity index (χ2v) is 4.82. The van der Waals surface area contributed by atoms with Crippen LogP contribution in [0, 0.1) is 17.5 Å². The van der Waals surface area contributed by atoms with Gasteiger partial charge in [-0.2, -0.15) is 0 Å². The second-order valence-electron chi connectivity index (χ2n) is 4.41. The Labute approximate surface area is 123 Å². The van der Waals surface area contributed by atoms with Crippen molar-refractivity contribution in [1.29, 1.82) is 0 Å². The summed E-state index contributed by atoms with van der Waals surface area (Å²) in [6.45, 7) is 0.200. The number of ether oxygens (including phenoxy) is 2. The van der Waals surface area contributed by atoms with E-state index in [-0.39, 0.29) is 19.0 Å². The Morgan fingerprint density at radius 2 is 1.90 bits per heavy atom. The summed E-state index contributed by atoms with van der Waals surface area (Å²) in [5, 5.41) is 2.97. The molecule has 7 heteroatoms. The molecule has 3 rings (SSSR count). The Morgan fingerprint density at radius 1 is 1.10 bits per heavy atom. The minimum atomic E-state index is -1.25. The molecule has 0 saturated heterocycles. The number of rotatable bonds is 3. The van der Waals surface area contributed by atoms with Gasteiger partial charge in [-0.25, -0.2) is 13.2 Å². The molecule has 0 amide bonds. The summed E-state index contributed by atoms with van der Waals surface area (Å²) in [4.78, 5) is 0. The van der Waals surface area contributed by atoms with Crippen LogP contribution in [0.15, 0.2) is 24.3 Å². The molecule has 110 valence electrons. The average Bonchev–Trinajstić information content (AvgIpc) is 2.90. The third-order valence-corrected chi connectivity index (χ3v) is 3.24. The lowest BCUT2D eigenvalue weighted by Gasteiger charge is -2.10. The van der Waals surface area contributed by atoms with E-state index in [4.69, 9.17) is 21.1 Å². The van der Waals surface area contributed by atoms with Crippen LogP contribution in [-0.4, -0.2) is 6.79 Å². The van der Waals surface area contributed by atoms with Gasteiger partial charge in [0, 0.05) is 18.7 Å². The van der Waals surface area contributed by atoms with Crippen LogP contribution in [0.25, 0.3) is 0 Å². The van der Waals surface area contributed by atoms with E-state index in [1.165, 1.54) is 0 Å². The second kappa shape index (κ2) is 5.37. The van der Waals surface area contributed by atoms with Crippen molar-refractivity contribution in [2.45, 2.75) is 6.54 Å². The molecule has 0 unspecified atom stereocenters. The minimum Gasteiger partial charge on any atom is -0.454 e. The van der Waals surface area contributed by atoms with Crippen molar-refractivity contribution < 1.29 is 22.6 Å². The molecule has 1 aliphatic heterocycles. The van der Waals surface area contributed by atoms with E-state index < -0.39 is 17.5 Å². The van der Waals surface area contributed by atoms with Gasteiger partial charge in [0.2, 0.25) is 6.79 Å². The summed E-state index contributed by atoms with van der Waals surface area (Å²) in [6, 6.07) is 4.63. The zero-order chi connectivity index (χ0) is 15.0. The maximum Gasteiger partial charge on any atom is 0.231 e. The topological polar surface area (TPSA) is 30.5 Å². The first-order valence-electron chi connectivity index (χ1n) is 6.01. The number of nitrogens with one attached hydrogen (secondary N) is 1. The van der Waals surface area contributed by atoms with Gasteiger partial charge in [0.25, 0.3) is 0 Å². The Hall–Kier alpha value is -2.08. The van der Waals surface area contributed by atoms with Crippen LogP contribution in [0.4, 0.5) is 18.9 Å². The number of hydrogen-bond donors (Lipinski definition) is 1. The molecule has 1 N–H and O–H groups in total. The number of halogens is 4. The molecule has 2 aromatic carbocycles. The van der Waals surface area contributed by atoms with Gasteiger partial charge in [-0.3, -0.25) is 0 Å². The molecule has 2 aromatic rings. The first-order chi connectivity index (χ1) is 10.0. The summed E-state index contributed by atoms with van der Waals surface area (Å²) in [6.07, 6.45) is 0. The highest BCUT2D eigenvalue weighted by atomic mass is 35.5. The zero-order valence-electron chi connectivity index (χ0n) is 10.6. The predicted molar refractivity (Wildman–Crippen MR) is 71.2 cm³/mol. The van der Waals surface area contributed by atoms with Crippen molar-refractivity contribution in [2.24, 2.45) is 0 Å². The summed E-state index contributed by atoms with van der Waals surface area (Å²) >= 11 is 6.01. The fourth-order valence-corrected chi connectivity index (χ4v) is 2.29. The summed E-state index contributed by atoms with van der Waals surface area (Å²) in [5.41, 5.74) is 0.398. The van der Waals surface area contributed by atoms with Crippen molar-refractivity contribution in [3.63, 3.8) is 0 Å². The third kappa shape index (κ3) is 2.71. The van der Waals surface area contributed by atoms with E-state index in [9.17, 15) is 13.2 Å². The molecule has 1 heterocycles. The minimum absolute atomic E-state index is 0.0790. The standard InChI is InChI=1S/C14H9ClF3NO2/c15-9-1-7(2-12-14(9)21-6-20-12)5-19-11-4-8(16)3-10(17)13(11)18/h1-4,19H,5-6H2. The van der Waals surface area contributed by atoms with Gasteiger partial charge in [-0.05, 0) is 17.7 Å². The van der Waals surface area contributed by atoms with Gasteiger partial charge in [-0.1, -0.05) is 11.6 Å². The van der Waals surface area contributed by atoms with Crippen molar-refractivity contribution in [3.8, 4) is 11.5 Å². The molecule has 0 aliphatic carbocycles. The first kappa shape index (κ1) is 13.9. The predicted octanol–water partition coefficient (Wildman–Crippen LogP) is 4.10. The van der Waals surface area contributed by atoms with E-state index in [2.05, 4.69) is 5.32 Å². The molecule has 21 heavy (non-hydrogen) atoms.